The highest BCUT2D eigenvalue weighted by atomic mass is 14.5. The summed E-state index contributed by atoms with van der Waals surface area (Å²) in [6.45, 7) is 0. The number of hydrogen-bond acceptors (Lipinski definition) is 0. The van der Waals surface area contributed by atoms with Crippen molar-refractivity contribution in [1.29, 1.82) is 0 Å². The predicted octanol–water partition coefficient (Wildman–Crippen LogP) is 11.1. The summed E-state index contributed by atoms with van der Waals surface area (Å²) in [6, 6.07) is 0. The van der Waals surface area contributed by atoms with Crippen LogP contribution in [-0.2, 0) is 0 Å². The molecule has 9 atom stereocenters. The molecular formula is C43H50. The van der Waals surface area contributed by atoms with E-state index in [1.165, 1.54) is 83.5 Å². The second-order valence-electron chi connectivity index (χ2n) is 15.5. The van der Waals surface area contributed by atoms with Gasteiger partial charge in [0.15, 0.2) is 0 Å². The molecule has 0 nitrogen and oxygen atoms in total. The third-order valence-electron chi connectivity index (χ3n) is 13.1. The van der Waals surface area contributed by atoms with E-state index >= 15 is 0 Å². The van der Waals surface area contributed by atoms with Crippen molar-refractivity contribution in [2.24, 2.45) is 59.2 Å². The minimum atomic E-state index is 0.611. The zero-order valence-electron chi connectivity index (χ0n) is 26.0. The molecule has 222 valence electrons. The average Bonchev–Trinajstić information content (AvgIpc) is 3.93. The smallest absolute Gasteiger partial charge is 0.00241 e. The molecule has 0 aromatic heterocycles. The van der Waals surface area contributed by atoms with Gasteiger partial charge in [0.05, 0.1) is 0 Å². The summed E-state index contributed by atoms with van der Waals surface area (Å²) in [5, 5.41) is 0. The summed E-state index contributed by atoms with van der Waals surface area (Å²) in [6.07, 6.45) is 53.5. The van der Waals surface area contributed by atoms with Gasteiger partial charge in [0.25, 0.3) is 0 Å². The second kappa shape index (κ2) is 11.1. The fourth-order valence-electron chi connectivity index (χ4n) is 10.8. The molecule has 0 bridgehead atoms. The van der Waals surface area contributed by atoms with E-state index in [1.54, 1.807) is 33.4 Å². The largest absolute Gasteiger partial charge is 0.0879 e. The fraction of sp³-hybridized carbons (Fsp3) is 0.535. The van der Waals surface area contributed by atoms with Crippen LogP contribution in [0.4, 0.5) is 0 Å². The van der Waals surface area contributed by atoms with Crippen molar-refractivity contribution < 1.29 is 0 Å². The van der Waals surface area contributed by atoms with Crippen molar-refractivity contribution in [1.82, 2.24) is 0 Å². The number of fused-ring (bicyclic) bond motifs is 4. The van der Waals surface area contributed by atoms with Crippen molar-refractivity contribution in [3.8, 4) is 0 Å². The van der Waals surface area contributed by atoms with Crippen LogP contribution in [0.15, 0.2) is 119 Å². The predicted molar refractivity (Wildman–Crippen MR) is 180 cm³/mol. The molecule has 0 aromatic rings. The average molecular weight is 567 g/mol. The van der Waals surface area contributed by atoms with Crippen LogP contribution in [0.2, 0.25) is 0 Å². The molecule has 0 amide bonds. The lowest BCUT2D eigenvalue weighted by Gasteiger charge is -2.50. The summed E-state index contributed by atoms with van der Waals surface area (Å²) in [7, 11) is 0. The first-order chi connectivity index (χ1) is 21.3. The summed E-state index contributed by atoms with van der Waals surface area (Å²) >= 11 is 0. The maximum absolute atomic E-state index is 2.77. The highest BCUT2D eigenvalue weighted by Gasteiger charge is 2.48. The second-order valence-corrected chi connectivity index (χ2v) is 15.5. The Kier molecular flexibility index (Phi) is 6.90. The normalized spacial score (nSPS) is 41.3. The molecule has 1 saturated carbocycles. The molecule has 7 unspecified atom stereocenters. The molecule has 0 heteroatoms. The van der Waals surface area contributed by atoms with Crippen LogP contribution < -0.4 is 0 Å². The third kappa shape index (κ3) is 4.87. The van der Waals surface area contributed by atoms with Gasteiger partial charge in [0, 0.05) is 17.8 Å². The van der Waals surface area contributed by atoms with Gasteiger partial charge in [-0.25, -0.2) is 0 Å². The molecule has 1 fully saturated rings. The fourth-order valence-corrected chi connectivity index (χ4v) is 10.8. The van der Waals surface area contributed by atoms with Crippen LogP contribution in [0.1, 0.15) is 83.5 Å². The van der Waals surface area contributed by atoms with E-state index in [2.05, 4.69) is 85.1 Å². The van der Waals surface area contributed by atoms with Gasteiger partial charge in [-0.2, -0.15) is 0 Å². The van der Waals surface area contributed by atoms with Crippen LogP contribution in [0.3, 0.4) is 0 Å². The van der Waals surface area contributed by atoms with Gasteiger partial charge < -0.3 is 0 Å². The lowest BCUT2D eigenvalue weighted by molar-refractivity contribution is 0.148. The summed E-state index contributed by atoms with van der Waals surface area (Å²) < 4.78 is 0. The Bertz CT molecular complexity index is 1450. The Balaban J connectivity index is 1.06. The van der Waals surface area contributed by atoms with Gasteiger partial charge in [0.2, 0.25) is 0 Å². The van der Waals surface area contributed by atoms with E-state index in [9.17, 15) is 0 Å². The van der Waals surface area contributed by atoms with E-state index in [4.69, 9.17) is 0 Å². The Morgan fingerprint density at radius 1 is 0.581 bits per heavy atom. The summed E-state index contributed by atoms with van der Waals surface area (Å²) in [4.78, 5) is 0. The van der Waals surface area contributed by atoms with Gasteiger partial charge in [-0.05, 0) is 158 Å². The maximum Gasteiger partial charge on any atom is 0.00241 e. The maximum atomic E-state index is 2.77. The number of hydrogen-bond donors (Lipinski definition) is 0. The molecule has 0 spiro atoms. The van der Waals surface area contributed by atoms with Gasteiger partial charge in [-0.1, -0.05) is 85.1 Å². The van der Waals surface area contributed by atoms with Gasteiger partial charge >= 0.3 is 0 Å². The molecular weight excluding hydrogens is 516 g/mol. The molecule has 0 aromatic carbocycles. The Morgan fingerprint density at radius 2 is 1.53 bits per heavy atom. The van der Waals surface area contributed by atoms with Crippen LogP contribution >= 0.6 is 0 Å². The van der Waals surface area contributed by atoms with Crippen LogP contribution in [0.25, 0.3) is 0 Å². The molecule has 0 saturated heterocycles. The van der Waals surface area contributed by atoms with Crippen LogP contribution in [0, 0.1) is 59.2 Å². The minimum absolute atomic E-state index is 0.611. The Hall–Kier alpha value is -2.60. The zero-order chi connectivity index (χ0) is 28.3. The van der Waals surface area contributed by atoms with E-state index < -0.39 is 0 Å². The highest BCUT2D eigenvalue weighted by molar-refractivity contribution is 5.63. The van der Waals surface area contributed by atoms with Crippen molar-refractivity contribution in [3.63, 3.8) is 0 Å². The van der Waals surface area contributed by atoms with Crippen molar-refractivity contribution >= 4 is 0 Å². The van der Waals surface area contributed by atoms with Gasteiger partial charge in [-0.3, -0.25) is 0 Å². The molecule has 0 aliphatic heterocycles. The van der Waals surface area contributed by atoms with Crippen LogP contribution in [-0.4, -0.2) is 0 Å². The molecule has 9 rings (SSSR count). The molecule has 0 N–H and O–H groups in total. The number of rotatable bonds is 4. The molecule has 9 aliphatic carbocycles. The first kappa shape index (κ1) is 26.8. The van der Waals surface area contributed by atoms with Gasteiger partial charge in [0.1, 0.15) is 0 Å². The Morgan fingerprint density at radius 3 is 2.44 bits per heavy atom. The zero-order valence-corrected chi connectivity index (χ0v) is 26.0. The monoisotopic (exact) mass is 566 g/mol. The van der Waals surface area contributed by atoms with E-state index in [-0.39, 0.29) is 0 Å². The van der Waals surface area contributed by atoms with Crippen molar-refractivity contribution in [3.05, 3.63) is 119 Å². The van der Waals surface area contributed by atoms with E-state index in [0.29, 0.717) is 23.7 Å². The van der Waals surface area contributed by atoms with E-state index in [1.807, 2.05) is 0 Å². The molecule has 0 heterocycles. The quantitative estimate of drug-likeness (QED) is 0.297. The van der Waals surface area contributed by atoms with Crippen LogP contribution in [0.5, 0.6) is 0 Å². The standard InChI is InChI=1S/C43H50/c1-3-9-33-25-35(21-17-28(33)7-1)30-15-19-32(20-16-30)42-38-11-5-6-12-39(38)43(37-22-18-29-8-2-4-10-34(29)26-37)40-24-23-36(27-41(40)42)31-13-14-31/h3,6,8-9,12,15,17-19,21-22,24-26,28,30-34,36,38,41-42H,1-2,4-5,7,10-11,13-14,16,20,23,27H2/t28?,30-,32?,33?,34?,36?,38?,41-,42?/m1/s1. The van der Waals surface area contributed by atoms with Gasteiger partial charge in [-0.15, -0.1) is 0 Å². The minimum Gasteiger partial charge on any atom is -0.0879 e. The third-order valence-corrected chi connectivity index (χ3v) is 13.1. The topological polar surface area (TPSA) is 0 Å². The molecule has 9 aliphatic rings. The SMILES string of the molecule is C1=CC2C=C([C@@H]3C=CC(C4C5CCC=CC5=C(C5=CC6CCCC=C6C=C5)C5=CCC(C6CC6)C[C@H]54)CC3)C=CC2CC1. The molecule has 0 radical (unpaired) electrons. The van der Waals surface area contributed by atoms with Crippen molar-refractivity contribution in [2.45, 2.75) is 83.5 Å². The lowest BCUT2D eigenvalue weighted by Crippen LogP contribution is -2.40. The van der Waals surface area contributed by atoms with Crippen molar-refractivity contribution in [2.75, 3.05) is 0 Å². The lowest BCUT2D eigenvalue weighted by atomic mass is 9.54. The highest BCUT2D eigenvalue weighted by Crippen LogP contribution is 2.59. The molecule has 43 heavy (non-hydrogen) atoms. The Labute approximate surface area is 260 Å². The van der Waals surface area contributed by atoms with E-state index in [0.717, 1.165) is 35.5 Å². The first-order valence-electron chi connectivity index (χ1n) is 18.3. The first-order valence-corrected chi connectivity index (χ1v) is 18.3. The summed E-state index contributed by atoms with van der Waals surface area (Å²) in [5.74, 6) is 7.49. The summed E-state index contributed by atoms with van der Waals surface area (Å²) in [5.41, 5.74) is 9.85. The number of allylic oxidation sites excluding steroid dienone is 20.